The SMILES string of the molecule is C1=CC2(c3ccccc3)CC2C=C1c1cccc(-c2ccc3oc4cccc(-c5nc(-c6ccccc6)nc(-c6ccccc6)n5)c4c3c2)c1. The zero-order chi connectivity index (χ0) is 33.1. The van der Waals surface area contributed by atoms with E-state index in [4.69, 9.17) is 19.4 Å². The Labute approximate surface area is 290 Å². The molecule has 0 aliphatic heterocycles. The van der Waals surface area contributed by atoms with Crippen molar-refractivity contribution in [3.05, 3.63) is 181 Å². The third-order valence-corrected chi connectivity index (χ3v) is 10.3. The summed E-state index contributed by atoms with van der Waals surface area (Å²) < 4.78 is 6.43. The summed E-state index contributed by atoms with van der Waals surface area (Å²) in [6.07, 6.45) is 8.38. The molecule has 1 fully saturated rings. The molecule has 8 aromatic rings. The summed E-state index contributed by atoms with van der Waals surface area (Å²) in [5.74, 6) is 2.42. The molecule has 0 spiro atoms. The van der Waals surface area contributed by atoms with Gasteiger partial charge in [-0.3, -0.25) is 0 Å². The summed E-state index contributed by atoms with van der Waals surface area (Å²) in [7, 11) is 0. The summed E-state index contributed by atoms with van der Waals surface area (Å²) in [4.78, 5) is 15.0. The van der Waals surface area contributed by atoms with Crippen molar-refractivity contribution in [2.45, 2.75) is 11.8 Å². The predicted octanol–water partition coefficient (Wildman–Crippen LogP) is 11.4. The first-order valence-electron chi connectivity index (χ1n) is 17.1. The largest absolute Gasteiger partial charge is 0.456 e. The second-order valence-electron chi connectivity index (χ2n) is 13.3. The van der Waals surface area contributed by atoms with Gasteiger partial charge in [-0.1, -0.05) is 146 Å². The maximum Gasteiger partial charge on any atom is 0.164 e. The molecule has 6 aromatic carbocycles. The maximum absolute atomic E-state index is 6.43. The molecule has 0 saturated heterocycles. The highest BCUT2D eigenvalue weighted by atomic mass is 16.3. The van der Waals surface area contributed by atoms with Crippen LogP contribution in [0, 0.1) is 5.92 Å². The fourth-order valence-corrected chi connectivity index (χ4v) is 7.58. The number of rotatable bonds is 6. The standard InChI is InChI=1S/C46H31N3O/c1-4-12-30(13-5-1)43-47-44(31-14-6-2-7-15-31)49-45(48-43)38-20-11-21-41-42(38)39-28-34(22-23-40(39)50-41)32-16-10-17-33(26-32)35-24-25-46(29-37(46)27-35)36-18-8-3-9-19-36/h1-28,37H,29H2. The Kier molecular flexibility index (Phi) is 6.50. The number of hydrogen-bond donors (Lipinski definition) is 0. The van der Waals surface area contributed by atoms with Crippen molar-refractivity contribution < 1.29 is 4.42 Å². The lowest BCUT2D eigenvalue weighted by atomic mass is 9.86. The Balaban J connectivity index is 1.06. The van der Waals surface area contributed by atoms with Gasteiger partial charge in [-0.15, -0.1) is 0 Å². The molecule has 2 aliphatic rings. The molecule has 0 bridgehead atoms. The van der Waals surface area contributed by atoms with Crippen LogP contribution in [-0.4, -0.2) is 15.0 Å². The fourth-order valence-electron chi connectivity index (χ4n) is 7.58. The van der Waals surface area contributed by atoms with E-state index < -0.39 is 0 Å². The van der Waals surface area contributed by atoms with Crippen molar-refractivity contribution in [3.8, 4) is 45.3 Å². The van der Waals surface area contributed by atoms with E-state index in [1.165, 1.54) is 28.7 Å². The van der Waals surface area contributed by atoms with E-state index in [0.717, 1.165) is 44.2 Å². The van der Waals surface area contributed by atoms with Gasteiger partial charge in [0.1, 0.15) is 11.2 Å². The normalized spacial score (nSPS) is 17.8. The summed E-state index contributed by atoms with van der Waals surface area (Å²) in [6.45, 7) is 0. The number of allylic oxidation sites excluding steroid dienone is 4. The van der Waals surface area contributed by atoms with Crippen LogP contribution in [0.4, 0.5) is 0 Å². The van der Waals surface area contributed by atoms with Crippen molar-refractivity contribution in [2.24, 2.45) is 5.92 Å². The van der Waals surface area contributed by atoms with E-state index in [9.17, 15) is 0 Å². The van der Waals surface area contributed by atoms with E-state index in [2.05, 4.69) is 97.1 Å². The molecule has 0 amide bonds. The van der Waals surface area contributed by atoms with E-state index in [0.29, 0.717) is 23.4 Å². The number of benzene rings is 6. The third-order valence-electron chi connectivity index (χ3n) is 10.3. The Morgan fingerprint density at radius 1 is 0.520 bits per heavy atom. The molecule has 236 valence electrons. The molecule has 4 nitrogen and oxygen atoms in total. The Morgan fingerprint density at radius 2 is 1.14 bits per heavy atom. The van der Waals surface area contributed by atoms with Crippen LogP contribution in [0.1, 0.15) is 17.5 Å². The molecule has 2 aliphatic carbocycles. The summed E-state index contributed by atoms with van der Waals surface area (Å²) in [5.41, 5.74) is 10.8. The number of hydrogen-bond acceptors (Lipinski definition) is 4. The molecule has 0 N–H and O–H groups in total. The number of nitrogens with zero attached hydrogens (tertiary/aromatic N) is 3. The molecule has 2 aromatic heterocycles. The van der Waals surface area contributed by atoms with Crippen molar-refractivity contribution in [3.63, 3.8) is 0 Å². The van der Waals surface area contributed by atoms with Crippen molar-refractivity contribution in [2.75, 3.05) is 0 Å². The zero-order valence-electron chi connectivity index (χ0n) is 27.2. The van der Waals surface area contributed by atoms with Gasteiger partial charge in [-0.2, -0.15) is 0 Å². The second kappa shape index (κ2) is 11.4. The van der Waals surface area contributed by atoms with Gasteiger partial charge in [0.2, 0.25) is 0 Å². The van der Waals surface area contributed by atoms with Gasteiger partial charge >= 0.3 is 0 Å². The smallest absolute Gasteiger partial charge is 0.164 e. The van der Waals surface area contributed by atoms with E-state index in [1.807, 2.05) is 72.8 Å². The quantitative estimate of drug-likeness (QED) is 0.181. The number of aromatic nitrogens is 3. The fraction of sp³-hybridized carbons (Fsp3) is 0.0652. The molecule has 2 heterocycles. The first-order valence-corrected chi connectivity index (χ1v) is 17.1. The molecule has 4 heteroatoms. The molecular formula is C46H31N3O. The number of furan rings is 1. The van der Waals surface area contributed by atoms with Crippen molar-refractivity contribution in [1.82, 2.24) is 15.0 Å². The van der Waals surface area contributed by atoms with Crippen molar-refractivity contribution >= 4 is 27.5 Å². The van der Waals surface area contributed by atoms with Crippen LogP contribution >= 0.6 is 0 Å². The van der Waals surface area contributed by atoms with Gasteiger partial charge in [0.05, 0.1) is 0 Å². The summed E-state index contributed by atoms with van der Waals surface area (Å²) >= 11 is 0. The molecular weight excluding hydrogens is 611 g/mol. The van der Waals surface area contributed by atoms with Gasteiger partial charge in [0.25, 0.3) is 0 Å². The van der Waals surface area contributed by atoms with Gasteiger partial charge in [-0.05, 0) is 64.4 Å². The minimum absolute atomic E-state index is 0.162. The molecule has 2 atom stereocenters. The molecule has 2 unspecified atom stereocenters. The highest BCUT2D eigenvalue weighted by Crippen LogP contribution is 2.59. The average Bonchev–Trinajstić information content (AvgIpc) is 3.83. The summed E-state index contributed by atoms with van der Waals surface area (Å²) in [5, 5.41) is 2.03. The van der Waals surface area contributed by atoms with Crippen LogP contribution in [-0.2, 0) is 5.41 Å². The lowest BCUT2D eigenvalue weighted by molar-refractivity contribution is 0.669. The van der Waals surface area contributed by atoms with Crippen LogP contribution in [0.5, 0.6) is 0 Å². The van der Waals surface area contributed by atoms with Crippen LogP contribution in [0.15, 0.2) is 174 Å². The van der Waals surface area contributed by atoms with Crippen LogP contribution < -0.4 is 0 Å². The monoisotopic (exact) mass is 641 g/mol. The van der Waals surface area contributed by atoms with Gasteiger partial charge in [0, 0.05) is 32.9 Å². The first kappa shape index (κ1) is 28.6. The van der Waals surface area contributed by atoms with Gasteiger partial charge in [0.15, 0.2) is 17.5 Å². The molecule has 10 rings (SSSR count). The minimum atomic E-state index is 0.162. The van der Waals surface area contributed by atoms with E-state index in [-0.39, 0.29) is 5.41 Å². The molecule has 1 saturated carbocycles. The average molecular weight is 642 g/mol. The Hall–Kier alpha value is -6.39. The van der Waals surface area contributed by atoms with Crippen LogP contribution in [0.3, 0.4) is 0 Å². The summed E-state index contributed by atoms with van der Waals surface area (Å²) in [6, 6.07) is 52.5. The number of fused-ring (bicyclic) bond motifs is 4. The predicted molar refractivity (Wildman–Crippen MR) is 202 cm³/mol. The second-order valence-corrected chi connectivity index (χ2v) is 13.3. The first-order chi connectivity index (χ1) is 24.7. The van der Waals surface area contributed by atoms with Crippen molar-refractivity contribution in [1.29, 1.82) is 0 Å². The Morgan fingerprint density at radius 3 is 1.86 bits per heavy atom. The third kappa shape index (κ3) is 4.80. The van der Waals surface area contributed by atoms with E-state index >= 15 is 0 Å². The van der Waals surface area contributed by atoms with Crippen LogP contribution in [0.25, 0.3) is 72.8 Å². The Bertz CT molecular complexity index is 2560. The minimum Gasteiger partial charge on any atom is -0.456 e. The highest BCUT2D eigenvalue weighted by molar-refractivity contribution is 6.12. The molecule has 50 heavy (non-hydrogen) atoms. The molecule has 0 radical (unpaired) electrons. The highest BCUT2D eigenvalue weighted by Gasteiger charge is 2.53. The van der Waals surface area contributed by atoms with E-state index in [1.54, 1.807) is 0 Å². The maximum atomic E-state index is 6.43. The lowest BCUT2D eigenvalue weighted by Gasteiger charge is -2.17. The topological polar surface area (TPSA) is 51.8 Å². The van der Waals surface area contributed by atoms with Crippen LogP contribution in [0.2, 0.25) is 0 Å². The van der Waals surface area contributed by atoms with Gasteiger partial charge in [-0.25, -0.2) is 15.0 Å². The lowest BCUT2D eigenvalue weighted by Crippen LogP contribution is -2.08. The zero-order valence-corrected chi connectivity index (χ0v) is 27.2. The van der Waals surface area contributed by atoms with Gasteiger partial charge < -0.3 is 4.42 Å².